The Balaban J connectivity index is 1.27. The first kappa shape index (κ1) is 20.7. The molecule has 2 aliphatic heterocycles. The van der Waals surface area contributed by atoms with Gasteiger partial charge in [0, 0.05) is 31.3 Å². The molecule has 0 aromatic heterocycles. The molecule has 2 aliphatic rings. The minimum absolute atomic E-state index is 0.0998. The lowest BCUT2D eigenvalue weighted by Gasteiger charge is -2.18. The van der Waals surface area contributed by atoms with Crippen LogP contribution in [0.25, 0.3) is 0 Å². The number of carbonyl (C=O) groups is 3. The van der Waals surface area contributed by atoms with Crippen LogP contribution in [0.5, 0.6) is 11.5 Å². The molecule has 2 N–H and O–H groups in total. The van der Waals surface area contributed by atoms with Crippen LogP contribution in [-0.4, -0.2) is 43.6 Å². The van der Waals surface area contributed by atoms with Crippen molar-refractivity contribution in [2.45, 2.75) is 25.8 Å². The van der Waals surface area contributed by atoms with Crippen molar-refractivity contribution in [3.8, 4) is 11.5 Å². The number of hydrogen-bond donors (Lipinski definition) is 2. The van der Waals surface area contributed by atoms with Gasteiger partial charge in [0.05, 0.1) is 5.92 Å². The third kappa shape index (κ3) is 4.79. The number of nitrogens with zero attached hydrogens (tertiary/aromatic N) is 1. The molecule has 0 saturated carbocycles. The molecular weight excluding hydrogens is 398 g/mol. The fourth-order valence-corrected chi connectivity index (χ4v) is 3.71. The fourth-order valence-electron chi connectivity index (χ4n) is 3.71. The first-order valence-electron chi connectivity index (χ1n) is 10.3. The van der Waals surface area contributed by atoms with E-state index in [9.17, 15) is 14.4 Å². The zero-order valence-corrected chi connectivity index (χ0v) is 17.3. The van der Waals surface area contributed by atoms with Gasteiger partial charge in [-0.25, -0.2) is 0 Å². The molecule has 2 aromatic rings. The van der Waals surface area contributed by atoms with Crippen LogP contribution in [0.1, 0.15) is 18.9 Å². The Hall–Kier alpha value is -3.55. The van der Waals surface area contributed by atoms with Crippen LogP contribution >= 0.6 is 0 Å². The van der Waals surface area contributed by atoms with Crippen molar-refractivity contribution in [1.82, 2.24) is 10.6 Å². The summed E-state index contributed by atoms with van der Waals surface area (Å²) >= 11 is 0. The van der Waals surface area contributed by atoms with Crippen molar-refractivity contribution < 1.29 is 23.9 Å². The van der Waals surface area contributed by atoms with E-state index in [1.54, 1.807) is 30.0 Å². The minimum Gasteiger partial charge on any atom is -0.454 e. The molecule has 0 spiro atoms. The molecule has 1 fully saturated rings. The number of hydrogen-bond acceptors (Lipinski definition) is 5. The molecule has 3 amide bonds. The lowest BCUT2D eigenvalue weighted by molar-refractivity contribution is -0.130. The third-order valence-corrected chi connectivity index (χ3v) is 5.47. The number of anilines is 1. The van der Waals surface area contributed by atoms with E-state index in [2.05, 4.69) is 10.6 Å². The number of benzene rings is 2. The smallest absolute Gasteiger partial charge is 0.242 e. The van der Waals surface area contributed by atoms with Gasteiger partial charge in [-0.2, -0.15) is 0 Å². The standard InChI is InChI=1S/C23H25N3O5/c1-15(22(28)24-10-9-16-5-3-2-4-6-16)25-23(29)17-11-21(27)26(13-17)18-7-8-19-20(12-18)31-14-30-19/h2-8,12,15,17H,9-11,13-14H2,1H3,(H,24,28)(H,25,29)/t15-,17-/m0/s1. The van der Waals surface area contributed by atoms with Crippen molar-refractivity contribution >= 4 is 23.4 Å². The molecule has 2 aromatic carbocycles. The second-order valence-electron chi connectivity index (χ2n) is 7.70. The van der Waals surface area contributed by atoms with Gasteiger partial charge in [0.2, 0.25) is 24.5 Å². The van der Waals surface area contributed by atoms with Gasteiger partial charge in [0.15, 0.2) is 11.5 Å². The molecule has 4 rings (SSSR count). The van der Waals surface area contributed by atoms with Crippen molar-refractivity contribution in [2.75, 3.05) is 24.8 Å². The van der Waals surface area contributed by atoms with Crippen LogP contribution in [0.4, 0.5) is 5.69 Å². The summed E-state index contributed by atoms with van der Waals surface area (Å²) in [6.45, 7) is 2.54. The van der Waals surface area contributed by atoms with Crippen molar-refractivity contribution in [3.63, 3.8) is 0 Å². The van der Waals surface area contributed by atoms with E-state index in [4.69, 9.17) is 9.47 Å². The molecule has 0 radical (unpaired) electrons. The first-order chi connectivity index (χ1) is 15.0. The van der Waals surface area contributed by atoms with E-state index in [1.807, 2.05) is 30.3 Å². The third-order valence-electron chi connectivity index (χ3n) is 5.47. The van der Waals surface area contributed by atoms with E-state index >= 15 is 0 Å². The Labute approximate surface area is 180 Å². The fraction of sp³-hybridized carbons (Fsp3) is 0.348. The van der Waals surface area contributed by atoms with Crippen LogP contribution in [0.2, 0.25) is 0 Å². The summed E-state index contributed by atoms with van der Waals surface area (Å²) < 4.78 is 10.7. The highest BCUT2D eigenvalue weighted by atomic mass is 16.7. The Morgan fingerprint density at radius 1 is 1.13 bits per heavy atom. The van der Waals surface area contributed by atoms with Crippen molar-refractivity contribution in [2.24, 2.45) is 5.92 Å². The number of carbonyl (C=O) groups excluding carboxylic acids is 3. The largest absolute Gasteiger partial charge is 0.454 e. The van der Waals surface area contributed by atoms with Gasteiger partial charge < -0.3 is 25.0 Å². The monoisotopic (exact) mass is 423 g/mol. The van der Waals surface area contributed by atoms with E-state index in [-0.39, 0.29) is 37.5 Å². The number of fused-ring (bicyclic) bond motifs is 1. The molecule has 0 unspecified atom stereocenters. The lowest BCUT2D eigenvalue weighted by Crippen LogP contribution is -2.47. The van der Waals surface area contributed by atoms with Gasteiger partial charge in [0.25, 0.3) is 0 Å². The maximum atomic E-state index is 12.7. The Kier molecular flexibility index (Phi) is 6.06. The van der Waals surface area contributed by atoms with Gasteiger partial charge in [0.1, 0.15) is 6.04 Å². The van der Waals surface area contributed by atoms with Crippen molar-refractivity contribution in [3.05, 3.63) is 54.1 Å². The second kappa shape index (κ2) is 9.07. The van der Waals surface area contributed by atoms with Crippen LogP contribution in [0.3, 0.4) is 0 Å². The SMILES string of the molecule is C[C@H](NC(=O)[C@H]1CC(=O)N(c2ccc3c(c2)OCO3)C1)C(=O)NCCc1ccccc1. The molecule has 2 atom stereocenters. The number of amides is 3. The van der Waals surface area contributed by atoms with E-state index in [1.165, 1.54) is 0 Å². The number of rotatable bonds is 7. The number of nitrogens with one attached hydrogen (secondary N) is 2. The molecule has 31 heavy (non-hydrogen) atoms. The summed E-state index contributed by atoms with van der Waals surface area (Å²) in [7, 11) is 0. The molecule has 1 saturated heterocycles. The van der Waals surface area contributed by atoms with Crippen molar-refractivity contribution in [1.29, 1.82) is 0 Å². The molecule has 8 heteroatoms. The molecule has 8 nitrogen and oxygen atoms in total. The summed E-state index contributed by atoms with van der Waals surface area (Å²) in [6.07, 6.45) is 0.817. The van der Waals surface area contributed by atoms with Crippen LogP contribution < -0.4 is 25.0 Å². The predicted octanol–water partition coefficient (Wildman–Crippen LogP) is 1.63. The maximum absolute atomic E-state index is 12.7. The van der Waals surface area contributed by atoms with Gasteiger partial charge in [-0.15, -0.1) is 0 Å². The highest BCUT2D eigenvalue weighted by Crippen LogP contribution is 2.37. The lowest BCUT2D eigenvalue weighted by atomic mass is 10.1. The average Bonchev–Trinajstić information content (AvgIpc) is 3.40. The first-order valence-corrected chi connectivity index (χ1v) is 10.3. The van der Waals surface area contributed by atoms with Gasteiger partial charge in [-0.05, 0) is 31.0 Å². The van der Waals surface area contributed by atoms with Crippen LogP contribution in [0.15, 0.2) is 48.5 Å². The van der Waals surface area contributed by atoms with Gasteiger partial charge in [-0.3, -0.25) is 14.4 Å². The molecule has 0 aliphatic carbocycles. The normalized spacial score (nSPS) is 18.0. The number of ether oxygens (including phenoxy) is 2. The average molecular weight is 423 g/mol. The topological polar surface area (TPSA) is 97.0 Å². The zero-order chi connectivity index (χ0) is 21.8. The summed E-state index contributed by atoms with van der Waals surface area (Å²) in [5.41, 5.74) is 1.80. The quantitative estimate of drug-likeness (QED) is 0.706. The summed E-state index contributed by atoms with van der Waals surface area (Å²) in [4.78, 5) is 39.0. The van der Waals surface area contributed by atoms with Crippen LogP contribution in [0, 0.1) is 5.92 Å². The van der Waals surface area contributed by atoms with Gasteiger partial charge in [-0.1, -0.05) is 30.3 Å². The van der Waals surface area contributed by atoms with E-state index < -0.39 is 12.0 Å². The molecule has 162 valence electrons. The predicted molar refractivity (Wildman–Crippen MR) is 114 cm³/mol. The van der Waals surface area contributed by atoms with Crippen LogP contribution in [-0.2, 0) is 20.8 Å². The Morgan fingerprint density at radius 2 is 1.90 bits per heavy atom. The second-order valence-corrected chi connectivity index (χ2v) is 7.70. The zero-order valence-electron chi connectivity index (χ0n) is 17.3. The minimum atomic E-state index is -0.682. The molecule has 2 heterocycles. The summed E-state index contributed by atoms with van der Waals surface area (Å²) in [5.74, 6) is 0.01000. The highest BCUT2D eigenvalue weighted by molar-refractivity contribution is 6.01. The molecule has 0 bridgehead atoms. The summed E-state index contributed by atoms with van der Waals surface area (Å²) in [5, 5.41) is 5.57. The summed E-state index contributed by atoms with van der Waals surface area (Å²) in [6, 6.07) is 14.4. The Bertz CT molecular complexity index is 978. The highest BCUT2D eigenvalue weighted by Gasteiger charge is 2.36. The van der Waals surface area contributed by atoms with Gasteiger partial charge >= 0.3 is 0 Å². The van der Waals surface area contributed by atoms with E-state index in [0.717, 1.165) is 12.0 Å². The maximum Gasteiger partial charge on any atom is 0.242 e. The molecular formula is C23H25N3O5. The Morgan fingerprint density at radius 3 is 2.71 bits per heavy atom. The van der Waals surface area contributed by atoms with E-state index in [0.29, 0.717) is 23.7 Å².